The van der Waals surface area contributed by atoms with Gasteiger partial charge in [0.15, 0.2) is 0 Å². The van der Waals surface area contributed by atoms with E-state index in [1.54, 1.807) is 0 Å². The van der Waals surface area contributed by atoms with Crippen molar-refractivity contribution in [3.63, 3.8) is 0 Å². The van der Waals surface area contributed by atoms with Gasteiger partial charge in [-0.3, -0.25) is 0 Å². The first kappa shape index (κ1) is 13.2. The van der Waals surface area contributed by atoms with Crippen LogP contribution in [0.2, 0.25) is 0 Å². The van der Waals surface area contributed by atoms with Crippen LogP contribution >= 0.6 is 0 Å². The fraction of sp³-hybridized carbons (Fsp3) is 0.333. The van der Waals surface area contributed by atoms with E-state index in [0.717, 1.165) is 17.7 Å². The molecule has 104 valence electrons. The zero-order valence-electron chi connectivity index (χ0n) is 12.3. The molecule has 0 fully saturated rings. The number of hydrogen-bond acceptors (Lipinski definition) is 2. The highest BCUT2D eigenvalue weighted by atomic mass is 16.5. The maximum atomic E-state index is 6.33. The lowest BCUT2D eigenvalue weighted by atomic mass is 9.91. The maximum absolute atomic E-state index is 6.33. The van der Waals surface area contributed by atoms with E-state index in [1.807, 2.05) is 6.07 Å². The Labute approximate surface area is 120 Å². The van der Waals surface area contributed by atoms with Gasteiger partial charge in [-0.1, -0.05) is 35.9 Å². The summed E-state index contributed by atoms with van der Waals surface area (Å²) in [7, 11) is 0. The molecule has 0 radical (unpaired) electrons. The molecule has 0 spiro atoms. The number of aryl methyl sites for hydroxylation is 3. The predicted molar refractivity (Wildman–Crippen MR) is 82.0 cm³/mol. The number of nitrogens with two attached hydrogens (primary N) is 1. The third-order valence-electron chi connectivity index (χ3n) is 4.20. The normalized spacial score (nSPS) is 21.2. The van der Waals surface area contributed by atoms with E-state index in [2.05, 4.69) is 51.1 Å². The van der Waals surface area contributed by atoms with Gasteiger partial charge in [-0.15, -0.1) is 0 Å². The smallest absolute Gasteiger partial charge is 0.126 e. The molecule has 1 aliphatic heterocycles. The van der Waals surface area contributed by atoms with E-state index in [9.17, 15) is 0 Å². The lowest BCUT2D eigenvalue weighted by molar-refractivity contribution is 0.161. The highest BCUT2D eigenvalue weighted by Gasteiger charge is 2.27. The van der Waals surface area contributed by atoms with Crippen LogP contribution in [-0.2, 0) is 0 Å². The van der Waals surface area contributed by atoms with Crippen molar-refractivity contribution in [1.29, 1.82) is 0 Å². The van der Waals surface area contributed by atoms with Crippen molar-refractivity contribution in [3.8, 4) is 5.75 Å². The molecule has 2 N–H and O–H groups in total. The van der Waals surface area contributed by atoms with Crippen molar-refractivity contribution < 1.29 is 4.74 Å². The molecule has 2 aromatic carbocycles. The fourth-order valence-electron chi connectivity index (χ4n) is 2.79. The van der Waals surface area contributed by atoms with E-state index >= 15 is 0 Å². The third kappa shape index (κ3) is 2.32. The van der Waals surface area contributed by atoms with Gasteiger partial charge in [0.1, 0.15) is 11.9 Å². The number of rotatable bonds is 1. The summed E-state index contributed by atoms with van der Waals surface area (Å²) < 4.78 is 6.16. The molecule has 2 aromatic rings. The molecule has 2 unspecified atom stereocenters. The van der Waals surface area contributed by atoms with E-state index in [4.69, 9.17) is 10.5 Å². The Morgan fingerprint density at radius 1 is 1.00 bits per heavy atom. The SMILES string of the molecule is Cc1ccc2c(c1)C(N)CC(c1ccc(C)c(C)c1)O2. The second-order valence-electron chi connectivity index (χ2n) is 5.83. The Balaban J connectivity index is 1.94. The monoisotopic (exact) mass is 267 g/mol. The lowest BCUT2D eigenvalue weighted by Gasteiger charge is -2.31. The summed E-state index contributed by atoms with van der Waals surface area (Å²) in [6, 6.07) is 12.8. The van der Waals surface area contributed by atoms with Crippen LogP contribution in [0.25, 0.3) is 0 Å². The summed E-state index contributed by atoms with van der Waals surface area (Å²) in [5.41, 5.74) is 12.5. The number of benzene rings is 2. The van der Waals surface area contributed by atoms with Gasteiger partial charge in [-0.05, 0) is 43.5 Å². The molecule has 2 atom stereocenters. The van der Waals surface area contributed by atoms with Crippen LogP contribution < -0.4 is 10.5 Å². The van der Waals surface area contributed by atoms with Gasteiger partial charge in [0.05, 0.1) is 0 Å². The Morgan fingerprint density at radius 3 is 2.55 bits per heavy atom. The zero-order valence-corrected chi connectivity index (χ0v) is 12.3. The second kappa shape index (κ2) is 4.95. The van der Waals surface area contributed by atoms with Crippen LogP contribution in [0.5, 0.6) is 5.75 Å². The molecule has 2 heteroatoms. The second-order valence-corrected chi connectivity index (χ2v) is 5.83. The van der Waals surface area contributed by atoms with Crippen LogP contribution in [0.4, 0.5) is 0 Å². The molecule has 0 saturated heterocycles. The van der Waals surface area contributed by atoms with Gasteiger partial charge >= 0.3 is 0 Å². The Bertz CT molecular complexity index is 648. The molecule has 0 bridgehead atoms. The van der Waals surface area contributed by atoms with Gasteiger partial charge < -0.3 is 10.5 Å². The zero-order chi connectivity index (χ0) is 14.3. The van der Waals surface area contributed by atoms with Crippen molar-refractivity contribution in [2.24, 2.45) is 5.73 Å². The molecule has 1 aliphatic rings. The molecular formula is C18H21NO. The lowest BCUT2D eigenvalue weighted by Crippen LogP contribution is -2.24. The van der Waals surface area contributed by atoms with Gasteiger partial charge in [-0.2, -0.15) is 0 Å². The molecule has 2 nitrogen and oxygen atoms in total. The minimum atomic E-state index is 0.0465. The summed E-state index contributed by atoms with van der Waals surface area (Å²) >= 11 is 0. The number of hydrogen-bond donors (Lipinski definition) is 1. The Morgan fingerprint density at radius 2 is 1.80 bits per heavy atom. The van der Waals surface area contributed by atoms with Gasteiger partial charge in [0.25, 0.3) is 0 Å². The molecule has 1 heterocycles. The summed E-state index contributed by atoms with van der Waals surface area (Å²) in [6.07, 6.45) is 0.887. The Hall–Kier alpha value is -1.80. The maximum Gasteiger partial charge on any atom is 0.126 e. The molecule has 0 aromatic heterocycles. The van der Waals surface area contributed by atoms with Crippen LogP contribution in [-0.4, -0.2) is 0 Å². The molecule has 0 aliphatic carbocycles. The molecular weight excluding hydrogens is 246 g/mol. The largest absolute Gasteiger partial charge is 0.485 e. The van der Waals surface area contributed by atoms with Crippen LogP contribution in [0.15, 0.2) is 36.4 Å². The van der Waals surface area contributed by atoms with E-state index in [0.29, 0.717) is 0 Å². The van der Waals surface area contributed by atoms with Crippen molar-refractivity contribution in [3.05, 3.63) is 64.2 Å². The van der Waals surface area contributed by atoms with Crippen LogP contribution in [0.3, 0.4) is 0 Å². The highest BCUT2D eigenvalue weighted by molar-refractivity contribution is 5.42. The predicted octanol–water partition coefficient (Wildman–Crippen LogP) is 4.14. The first-order valence-corrected chi connectivity index (χ1v) is 7.14. The van der Waals surface area contributed by atoms with Crippen molar-refractivity contribution in [2.75, 3.05) is 0 Å². The standard InChI is InChI=1S/C18H21NO/c1-11-4-7-17-15(8-11)16(19)10-18(20-17)14-6-5-12(2)13(3)9-14/h4-9,16,18H,10,19H2,1-3H3. The van der Waals surface area contributed by atoms with Gasteiger partial charge in [-0.25, -0.2) is 0 Å². The number of fused-ring (bicyclic) bond motifs is 1. The fourth-order valence-corrected chi connectivity index (χ4v) is 2.79. The van der Waals surface area contributed by atoms with Gasteiger partial charge in [0, 0.05) is 18.0 Å². The minimum Gasteiger partial charge on any atom is -0.485 e. The first-order chi connectivity index (χ1) is 9.54. The summed E-state index contributed by atoms with van der Waals surface area (Å²) in [5.74, 6) is 0.928. The molecule has 0 saturated carbocycles. The summed E-state index contributed by atoms with van der Waals surface area (Å²) in [6.45, 7) is 6.35. The van der Waals surface area contributed by atoms with Crippen molar-refractivity contribution in [2.45, 2.75) is 39.3 Å². The minimum absolute atomic E-state index is 0.0465. The first-order valence-electron chi connectivity index (χ1n) is 7.14. The molecule has 0 amide bonds. The van der Waals surface area contributed by atoms with Crippen molar-refractivity contribution in [1.82, 2.24) is 0 Å². The average molecular weight is 267 g/mol. The van der Waals surface area contributed by atoms with E-state index < -0.39 is 0 Å². The van der Waals surface area contributed by atoms with Gasteiger partial charge in [0.2, 0.25) is 0 Å². The van der Waals surface area contributed by atoms with E-state index in [-0.39, 0.29) is 12.1 Å². The molecule has 20 heavy (non-hydrogen) atoms. The van der Waals surface area contributed by atoms with Crippen LogP contribution in [0, 0.1) is 20.8 Å². The average Bonchev–Trinajstić information content (AvgIpc) is 2.42. The highest BCUT2D eigenvalue weighted by Crippen LogP contribution is 2.40. The summed E-state index contributed by atoms with van der Waals surface area (Å²) in [5, 5.41) is 0. The summed E-state index contributed by atoms with van der Waals surface area (Å²) in [4.78, 5) is 0. The third-order valence-corrected chi connectivity index (χ3v) is 4.20. The quantitative estimate of drug-likeness (QED) is 0.843. The van der Waals surface area contributed by atoms with Crippen LogP contribution in [0.1, 0.15) is 46.4 Å². The number of ether oxygens (including phenoxy) is 1. The van der Waals surface area contributed by atoms with Crippen molar-refractivity contribution >= 4 is 0 Å². The topological polar surface area (TPSA) is 35.2 Å². The molecule has 3 rings (SSSR count). The van der Waals surface area contributed by atoms with E-state index in [1.165, 1.54) is 22.3 Å². The Kier molecular flexibility index (Phi) is 3.27.